The zero-order valence-corrected chi connectivity index (χ0v) is 53.6. The van der Waals surface area contributed by atoms with Crippen molar-refractivity contribution in [1.29, 1.82) is 0 Å². The van der Waals surface area contributed by atoms with Gasteiger partial charge in [0.25, 0.3) is 0 Å². The van der Waals surface area contributed by atoms with E-state index in [2.05, 4.69) is 130 Å². The molecule has 6 atom stereocenters. The Labute approximate surface area is 516 Å². The van der Waals surface area contributed by atoms with E-state index in [9.17, 15) is 34.5 Å². The molecule has 1 rings (SSSR count). The predicted molar refractivity (Wildman–Crippen MR) is 349 cm³/mol. The molecule has 0 spiro atoms. The lowest BCUT2D eigenvalue weighted by molar-refractivity contribution is -0.301. The number of carbonyl (C=O) groups excluding carboxylic acids is 3. The molecule has 12 nitrogen and oxygen atoms in total. The van der Waals surface area contributed by atoms with E-state index in [4.69, 9.17) is 23.7 Å². The number of carboxylic acid groups (broad SMARTS) is 1. The van der Waals surface area contributed by atoms with Gasteiger partial charge in [-0.05, 0) is 122 Å². The highest BCUT2D eigenvalue weighted by molar-refractivity contribution is 5.74. The molecule has 0 amide bonds. The van der Waals surface area contributed by atoms with Crippen molar-refractivity contribution in [1.82, 2.24) is 0 Å². The summed E-state index contributed by atoms with van der Waals surface area (Å²) in [4.78, 5) is 51.5. The van der Waals surface area contributed by atoms with Crippen LogP contribution in [0.5, 0.6) is 0 Å². The lowest BCUT2D eigenvalue weighted by Crippen LogP contribution is -2.61. The van der Waals surface area contributed by atoms with Crippen LogP contribution in [0.2, 0.25) is 0 Å². The second-order valence-electron chi connectivity index (χ2n) is 22.7. The number of hydrogen-bond acceptors (Lipinski definition) is 11. The maximum Gasteiger partial charge on any atom is 0.335 e. The van der Waals surface area contributed by atoms with Gasteiger partial charge in [0.1, 0.15) is 18.8 Å². The molecule has 3 N–H and O–H groups in total. The zero-order chi connectivity index (χ0) is 61.7. The van der Waals surface area contributed by atoms with E-state index >= 15 is 0 Å². The van der Waals surface area contributed by atoms with E-state index in [1.54, 1.807) is 0 Å². The number of rotatable bonds is 57. The number of esters is 3. The number of aliphatic carboxylic acids is 1. The van der Waals surface area contributed by atoms with E-state index in [-0.39, 0.29) is 25.9 Å². The first-order valence-electron chi connectivity index (χ1n) is 33.9. The van der Waals surface area contributed by atoms with E-state index < -0.39 is 67.3 Å². The summed E-state index contributed by atoms with van der Waals surface area (Å²) in [6.45, 7) is 5.75. The molecule has 0 aliphatic carbocycles. The Morgan fingerprint density at radius 3 is 1.13 bits per heavy atom. The molecule has 484 valence electrons. The summed E-state index contributed by atoms with van der Waals surface area (Å²) in [5, 5.41) is 31.7. The van der Waals surface area contributed by atoms with E-state index in [0.717, 1.165) is 167 Å². The van der Waals surface area contributed by atoms with Crippen LogP contribution in [0.4, 0.5) is 0 Å². The predicted octanol–water partition coefficient (Wildman–Crippen LogP) is 18.6. The second kappa shape index (κ2) is 59.7. The molecule has 6 unspecified atom stereocenters. The maximum atomic E-state index is 13.2. The lowest BCUT2D eigenvalue weighted by atomic mass is 9.98. The summed E-state index contributed by atoms with van der Waals surface area (Å²) in [5.74, 6) is -3.15. The van der Waals surface area contributed by atoms with Crippen molar-refractivity contribution in [2.75, 3.05) is 13.2 Å². The standard InChI is InChI=1S/C73H120O12/c1-4-7-10-13-16-19-22-25-28-31-33-36-38-41-44-47-50-53-56-59-65(74)81-62-64(83-66(75)60-57-54-51-48-45-42-39-35-30-27-24-21-18-15-12-9-6-3)63-82-73-71(69(78)68(77)70(85-73)72(79)80)84-67(76)61-58-55-52-49-46-43-40-37-34-32-29-26-23-20-17-14-11-8-5-2/h7,9-10,12,16-21,25-30,33,36,64,68-71,73,77-78H,4-6,8,11,13-15,22-24,31-32,34-35,37-63H2,1-3H3,(H,79,80)/b10-7-,12-9-,19-16-,20-17-,21-18-,28-25-,29-26-,30-27-,36-33-. The van der Waals surface area contributed by atoms with Gasteiger partial charge in [0, 0.05) is 19.3 Å². The minimum absolute atomic E-state index is 0.0488. The Balaban J connectivity index is 2.66. The number of aliphatic hydroxyl groups is 2. The van der Waals surface area contributed by atoms with Gasteiger partial charge in [-0.2, -0.15) is 0 Å². The maximum absolute atomic E-state index is 13.2. The van der Waals surface area contributed by atoms with Crippen LogP contribution in [0, 0.1) is 0 Å². The van der Waals surface area contributed by atoms with Crippen LogP contribution < -0.4 is 0 Å². The molecule has 1 saturated heterocycles. The van der Waals surface area contributed by atoms with Gasteiger partial charge < -0.3 is 39.0 Å². The fourth-order valence-electron chi connectivity index (χ4n) is 9.70. The van der Waals surface area contributed by atoms with Crippen LogP contribution in [0.3, 0.4) is 0 Å². The van der Waals surface area contributed by atoms with Crippen molar-refractivity contribution >= 4 is 23.9 Å². The highest BCUT2D eigenvalue weighted by Crippen LogP contribution is 2.27. The molecule has 0 aromatic rings. The summed E-state index contributed by atoms with van der Waals surface area (Å²) < 4.78 is 28.6. The molecule has 85 heavy (non-hydrogen) atoms. The van der Waals surface area contributed by atoms with Crippen molar-refractivity contribution in [2.24, 2.45) is 0 Å². The molecule has 0 radical (unpaired) electrons. The largest absolute Gasteiger partial charge is 0.479 e. The third kappa shape index (κ3) is 49.1. The first-order chi connectivity index (χ1) is 41.6. The van der Waals surface area contributed by atoms with Gasteiger partial charge in [-0.15, -0.1) is 0 Å². The van der Waals surface area contributed by atoms with Crippen molar-refractivity contribution in [3.05, 3.63) is 109 Å². The average molecular weight is 1190 g/mol. The third-order valence-corrected chi connectivity index (χ3v) is 14.8. The number of hydrogen-bond donors (Lipinski definition) is 3. The molecule has 1 aliphatic rings. The molecular formula is C73H120O12. The quantitative estimate of drug-likeness (QED) is 0.0228. The summed E-state index contributed by atoms with van der Waals surface area (Å²) in [7, 11) is 0. The highest BCUT2D eigenvalue weighted by Gasteiger charge is 2.50. The molecule has 1 heterocycles. The fourth-order valence-corrected chi connectivity index (χ4v) is 9.70. The average Bonchev–Trinajstić information content (AvgIpc) is 3.51. The van der Waals surface area contributed by atoms with Gasteiger partial charge in [-0.3, -0.25) is 14.4 Å². The van der Waals surface area contributed by atoms with Gasteiger partial charge >= 0.3 is 23.9 Å². The molecule has 0 saturated carbocycles. The summed E-state index contributed by atoms with van der Waals surface area (Å²) in [5.41, 5.74) is 0. The van der Waals surface area contributed by atoms with Gasteiger partial charge in [-0.1, -0.05) is 246 Å². The van der Waals surface area contributed by atoms with Crippen LogP contribution in [0.1, 0.15) is 278 Å². The smallest absolute Gasteiger partial charge is 0.335 e. The van der Waals surface area contributed by atoms with Crippen molar-refractivity contribution < 1.29 is 58.2 Å². The number of allylic oxidation sites excluding steroid dienone is 18. The first-order valence-corrected chi connectivity index (χ1v) is 33.9. The Morgan fingerprint density at radius 1 is 0.400 bits per heavy atom. The Kier molecular flexibility index (Phi) is 55.1. The molecular weight excluding hydrogens is 1070 g/mol. The minimum atomic E-state index is -1.91. The van der Waals surface area contributed by atoms with E-state index in [0.29, 0.717) is 19.3 Å². The number of carbonyl (C=O) groups is 4. The number of unbranched alkanes of at least 4 members (excludes halogenated alkanes) is 25. The van der Waals surface area contributed by atoms with Crippen LogP contribution in [0.25, 0.3) is 0 Å². The molecule has 1 aliphatic heterocycles. The van der Waals surface area contributed by atoms with Gasteiger partial charge in [0.15, 0.2) is 24.6 Å². The van der Waals surface area contributed by atoms with E-state index in [1.807, 2.05) is 0 Å². The topological polar surface area (TPSA) is 175 Å². The lowest BCUT2D eigenvalue weighted by Gasteiger charge is -2.40. The summed E-state index contributed by atoms with van der Waals surface area (Å²) >= 11 is 0. The van der Waals surface area contributed by atoms with E-state index in [1.165, 1.54) is 51.4 Å². The summed E-state index contributed by atoms with van der Waals surface area (Å²) in [6, 6.07) is 0. The minimum Gasteiger partial charge on any atom is -0.479 e. The Hall–Kier alpha value is -4.62. The van der Waals surface area contributed by atoms with Crippen LogP contribution in [-0.2, 0) is 42.9 Å². The molecule has 0 aromatic carbocycles. The number of aliphatic hydroxyl groups excluding tert-OH is 2. The molecule has 0 bridgehead atoms. The number of ether oxygens (including phenoxy) is 5. The monoisotopic (exact) mass is 1190 g/mol. The van der Waals surface area contributed by atoms with Crippen LogP contribution >= 0.6 is 0 Å². The third-order valence-electron chi connectivity index (χ3n) is 14.8. The molecule has 0 aromatic heterocycles. The van der Waals surface area contributed by atoms with Gasteiger partial charge in [-0.25, -0.2) is 4.79 Å². The van der Waals surface area contributed by atoms with Crippen LogP contribution in [-0.4, -0.2) is 89.2 Å². The van der Waals surface area contributed by atoms with Gasteiger partial charge in [0.05, 0.1) is 6.61 Å². The highest BCUT2D eigenvalue weighted by atomic mass is 16.7. The normalized spacial score (nSPS) is 18.2. The fraction of sp³-hybridized carbons (Fsp3) is 0.699. The Morgan fingerprint density at radius 2 is 0.741 bits per heavy atom. The van der Waals surface area contributed by atoms with Gasteiger partial charge in [0.2, 0.25) is 0 Å². The molecule has 1 fully saturated rings. The van der Waals surface area contributed by atoms with Crippen LogP contribution in [0.15, 0.2) is 109 Å². The first kappa shape index (κ1) is 78.4. The second-order valence-corrected chi connectivity index (χ2v) is 22.7. The van der Waals surface area contributed by atoms with Crippen molar-refractivity contribution in [2.45, 2.75) is 314 Å². The van der Waals surface area contributed by atoms with Crippen molar-refractivity contribution in [3.63, 3.8) is 0 Å². The SMILES string of the molecule is CC/C=C\C/C=C\C/C=C\C/C=C\CCCCCCCCC(=O)OCC(COC1OC(C(=O)O)C(O)C(O)C1OC(=O)CCCCCCCCCCC/C=C\C/C=C\CCCCC)OC(=O)CCCCCCCCC/C=C\C/C=C\C/C=C\CC. The number of carboxylic acids is 1. The van der Waals surface area contributed by atoms with Crippen molar-refractivity contribution in [3.8, 4) is 0 Å². The summed E-state index contributed by atoms with van der Waals surface area (Å²) in [6.07, 6.45) is 68.9. The zero-order valence-electron chi connectivity index (χ0n) is 53.6. The molecule has 12 heteroatoms. The Bertz CT molecular complexity index is 1890.